The maximum Gasteiger partial charge on any atom is 0.291 e. The van der Waals surface area contributed by atoms with E-state index in [0.29, 0.717) is 24.3 Å². The van der Waals surface area contributed by atoms with Crippen molar-refractivity contribution in [3.63, 3.8) is 0 Å². The predicted molar refractivity (Wildman–Crippen MR) is 98.2 cm³/mol. The first-order chi connectivity index (χ1) is 12.4. The summed E-state index contributed by atoms with van der Waals surface area (Å²) in [6.45, 7) is 12.1. The van der Waals surface area contributed by atoms with Gasteiger partial charge in [0, 0.05) is 37.1 Å². The van der Waals surface area contributed by atoms with Gasteiger partial charge in [-0.1, -0.05) is 13.8 Å². The smallest absolute Gasteiger partial charge is 0.291 e. The van der Waals surface area contributed by atoms with Crippen LogP contribution in [0.2, 0.25) is 0 Å². The molecule has 1 aliphatic rings. The van der Waals surface area contributed by atoms with Gasteiger partial charge in [0.15, 0.2) is 0 Å². The highest BCUT2D eigenvalue weighted by Crippen LogP contribution is 2.13. The van der Waals surface area contributed by atoms with Crippen LogP contribution >= 0.6 is 0 Å². The number of amides is 1. The van der Waals surface area contributed by atoms with Crippen molar-refractivity contribution in [2.75, 3.05) is 32.8 Å². The molecule has 0 radical (unpaired) electrons. The summed E-state index contributed by atoms with van der Waals surface area (Å²) in [5.74, 6) is 0.925. The zero-order chi connectivity index (χ0) is 18.7. The topological polar surface area (TPSA) is 84.7 Å². The van der Waals surface area contributed by atoms with Gasteiger partial charge >= 0.3 is 0 Å². The van der Waals surface area contributed by atoms with Crippen LogP contribution in [0.25, 0.3) is 5.78 Å². The van der Waals surface area contributed by atoms with Gasteiger partial charge in [0.2, 0.25) is 5.82 Å². The van der Waals surface area contributed by atoms with E-state index in [-0.39, 0.29) is 11.7 Å². The molecule has 2 aromatic heterocycles. The lowest BCUT2D eigenvalue weighted by molar-refractivity contribution is 0.0124. The third kappa shape index (κ3) is 4.37. The second-order valence-electron chi connectivity index (χ2n) is 7.33. The van der Waals surface area contributed by atoms with Gasteiger partial charge in [-0.3, -0.25) is 9.69 Å². The van der Waals surface area contributed by atoms with Gasteiger partial charge in [-0.15, -0.1) is 5.10 Å². The Morgan fingerprint density at radius 1 is 1.27 bits per heavy atom. The number of ether oxygens (including phenoxy) is 1. The molecule has 8 heteroatoms. The van der Waals surface area contributed by atoms with Crippen LogP contribution in [-0.4, -0.2) is 69.3 Å². The molecule has 1 N–H and O–H groups in total. The van der Waals surface area contributed by atoms with Crippen LogP contribution in [0.4, 0.5) is 0 Å². The Morgan fingerprint density at radius 3 is 2.69 bits per heavy atom. The average molecular weight is 360 g/mol. The fraction of sp³-hybridized carbons (Fsp3) is 0.667. The van der Waals surface area contributed by atoms with Crippen molar-refractivity contribution in [3.05, 3.63) is 23.3 Å². The minimum Gasteiger partial charge on any atom is -0.379 e. The first-order valence-electron chi connectivity index (χ1n) is 9.25. The molecule has 1 unspecified atom stereocenters. The first kappa shape index (κ1) is 18.7. The lowest BCUT2D eigenvalue weighted by Gasteiger charge is -2.35. The number of hydrogen-bond donors (Lipinski definition) is 1. The number of carbonyl (C=O) groups excluding carboxylic acids is 1. The molecule has 142 valence electrons. The van der Waals surface area contributed by atoms with E-state index in [1.165, 1.54) is 0 Å². The summed E-state index contributed by atoms with van der Waals surface area (Å²) in [6, 6.07) is 2.21. The van der Waals surface area contributed by atoms with E-state index in [4.69, 9.17) is 4.74 Å². The van der Waals surface area contributed by atoms with Gasteiger partial charge < -0.3 is 10.1 Å². The number of rotatable bonds is 6. The third-order valence-corrected chi connectivity index (χ3v) is 4.63. The van der Waals surface area contributed by atoms with Crippen LogP contribution in [0.15, 0.2) is 6.07 Å². The van der Waals surface area contributed by atoms with E-state index in [0.717, 1.165) is 44.1 Å². The van der Waals surface area contributed by atoms with E-state index in [1.807, 2.05) is 19.9 Å². The van der Waals surface area contributed by atoms with Crippen LogP contribution in [0.1, 0.15) is 42.3 Å². The van der Waals surface area contributed by atoms with E-state index >= 15 is 0 Å². The normalized spacial score (nSPS) is 17.0. The monoisotopic (exact) mass is 360 g/mol. The molecule has 3 heterocycles. The largest absolute Gasteiger partial charge is 0.379 e. The highest BCUT2D eigenvalue weighted by Gasteiger charge is 2.23. The number of nitrogens with zero attached hydrogens (tertiary/aromatic N) is 5. The van der Waals surface area contributed by atoms with Crippen molar-refractivity contribution in [1.82, 2.24) is 29.8 Å². The summed E-state index contributed by atoms with van der Waals surface area (Å²) in [5, 5.41) is 7.31. The molecule has 26 heavy (non-hydrogen) atoms. The van der Waals surface area contributed by atoms with E-state index < -0.39 is 0 Å². The SMILES string of the molecule is Cc1cc(C)n2nc(C(=O)NCC(CC(C)C)N3CCOCC3)nc2n1. The molecule has 0 bridgehead atoms. The maximum absolute atomic E-state index is 12.6. The zero-order valence-electron chi connectivity index (χ0n) is 16.0. The van der Waals surface area contributed by atoms with Crippen LogP contribution in [-0.2, 0) is 4.74 Å². The van der Waals surface area contributed by atoms with Crippen molar-refractivity contribution in [3.8, 4) is 0 Å². The van der Waals surface area contributed by atoms with Gasteiger partial charge in [-0.25, -0.2) is 9.50 Å². The van der Waals surface area contributed by atoms with Crippen LogP contribution < -0.4 is 5.32 Å². The van der Waals surface area contributed by atoms with Gasteiger partial charge in [-0.05, 0) is 32.3 Å². The minimum atomic E-state index is -0.255. The summed E-state index contributed by atoms with van der Waals surface area (Å²) in [4.78, 5) is 23.6. The average Bonchev–Trinajstić information content (AvgIpc) is 3.03. The number of aromatic nitrogens is 4. The molecule has 1 saturated heterocycles. The van der Waals surface area contributed by atoms with Crippen molar-refractivity contribution < 1.29 is 9.53 Å². The number of aryl methyl sites for hydroxylation is 2. The Labute approximate surface area is 154 Å². The summed E-state index contributed by atoms with van der Waals surface area (Å²) in [5.41, 5.74) is 1.77. The highest BCUT2D eigenvalue weighted by atomic mass is 16.5. The lowest BCUT2D eigenvalue weighted by atomic mass is 10.0. The molecule has 1 fully saturated rings. The number of carbonyl (C=O) groups is 1. The molecule has 0 aliphatic carbocycles. The molecule has 0 spiro atoms. The Hall–Kier alpha value is -2.06. The molecule has 3 rings (SSSR count). The second-order valence-corrected chi connectivity index (χ2v) is 7.33. The Balaban J connectivity index is 1.68. The fourth-order valence-electron chi connectivity index (χ4n) is 3.40. The summed E-state index contributed by atoms with van der Waals surface area (Å²) >= 11 is 0. The quantitative estimate of drug-likeness (QED) is 0.834. The summed E-state index contributed by atoms with van der Waals surface area (Å²) in [6.07, 6.45) is 1.03. The molecule has 1 atom stereocenters. The molecular weight excluding hydrogens is 332 g/mol. The van der Waals surface area contributed by atoms with Crippen molar-refractivity contribution in [1.29, 1.82) is 0 Å². The van der Waals surface area contributed by atoms with Gasteiger partial charge in [0.25, 0.3) is 11.7 Å². The zero-order valence-corrected chi connectivity index (χ0v) is 16.0. The molecule has 1 amide bonds. The molecule has 0 aromatic carbocycles. The predicted octanol–water partition coefficient (Wildman–Crippen LogP) is 1.22. The van der Waals surface area contributed by atoms with E-state index in [9.17, 15) is 4.79 Å². The van der Waals surface area contributed by atoms with Crippen LogP contribution in [0.5, 0.6) is 0 Å². The highest BCUT2D eigenvalue weighted by molar-refractivity contribution is 5.90. The Morgan fingerprint density at radius 2 is 2.00 bits per heavy atom. The Bertz CT molecular complexity index is 766. The van der Waals surface area contributed by atoms with Gasteiger partial charge in [-0.2, -0.15) is 4.98 Å². The standard InChI is InChI=1S/C18H28N6O2/c1-12(2)9-15(23-5-7-26-8-6-23)11-19-17(25)16-21-18-20-13(3)10-14(4)24(18)22-16/h10,12,15H,5-9,11H2,1-4H3,(H,19,25). The Kier molecular flexibility index (Phi) is 5.83. The molecule has 0 saturated carbocycles. The first-order valence-corrected chi connectivity index (χ1v) is 9.25. The van der Waals surface area contributed by atoms with Gasteiger partial charge in [0.05, 0.1) is 13.2 Å². The van der Waals surface area contributed by atoms with Crippen molar-refractivity contribution in [2.45, 2.75) is 40.2 Å². The minimum absolute atomic E-state index is 0.163. The third-order valence-electron chi connectivity index (χ3n) is 4.63. The molecule has 1 aliphatic heterocycles. The number of morpholine rings is 1. The summed E-state index contributed by atoms with van der Waals surface area (Å²) in [7, 11) is 0. The number of nitrogens with one attached hydrogen (secondary N) is 1. The number of hydrogen-bond acceptors (Lipinski definition) is 6. The van der Waals surface area contributed by atoms with Crippen molar-refractivity contribution >= 4 is 11.7 Å². The van der Waals surface area contributed by atoms with Gasteiger partial charge in [0.1, 0.15) is 0 Å². The van der Waals surface area contributed by atoms with Crippen LogP contribution in [0.3, 0.4) is 0 Å². The van der Waals surface area contributed by atoms with Crippen molar-refractivity contribution in [2.24, 2.45) is 5.92 Å². The molecule has 8 nitrogen and oxygen atoms in total. The van der Waals surface area contributed by atoms with E-state index in [2.05, 4.69) is 39.1 Å². The number of fused-ring (bicyclic) bond motifs is 1. The van der Waals surface area contributed by atoms with E-state index in [1.54, 1.807) is 4.52 Å². The maximum atomic E-state index is 12.6. The molecular formula is C18H28N6O2. The lowest BCUT2D eigenvalue weighted by Crippen LogP contribution is -2.49. The summed E-state index contributed by atoms with van der Waals surface area (Å²) < 4.78 is 7.05. The second kappa shape index (κ2) is 8.09. The molecule has 2 aromatic rings. The van der Waals surface area contributed by atoms with Crippen LogP contribution in [0, 0.1) is 19.8 Å². The fourth-order valence-corrected chi connectivity index (χ4v) is 3.40.